The van der Waals surface area contributed by atoms with Crippen molar-refractivity contribution < 1.29 is 18.9 Å². The highest BCUT2D eigenvalue weighted by Gasteiger charge is 2.12. The zero-order valence-corrected chi connectivity index (χ0v) is 19.4. The van der Waals surface area contributed by atoms with Gasteiger partial charge < -0.3 is 18.9 Å². The molecule has 0 aliphatic carbocycles. The standard InChI is InChI=1S/C24H48O4/c1-5-8-11-13-15-17-20-26-23(19-10-7-3)24(28-22-25-4)27-21-18-16-14-12-9-6-2/h5-22H2,1-4H3. The van der Waals surface area contributed by atoms with Crippen LogP contribution in [0.1, 0.15) is 117 Å². The molecule has 4 nitrogen and oxygen atoms in total. The smallest absolute Gasteiger partial charge is 0.321 e. The average Bonchev–Trinajstić information content (AvgIpc) is 2.71. The van der Waals surface area contributed by atoms with Gasteiger partial charge in [-0.1, -0.05) is 91.4 Å². The van der Waals surface area contributed by atoms with Crippen LogP contribution in [0, 0.1) is 0 Å². The van der Waals surface area contributed by atoms with Crippen molar-refractivity contribution in [3.05, 3.63) is 11.7 Å². The van der Waals surface area contributed by atoms with Gasteiger partial charge in [0, 0.05) is 13.5 Å². The first-order chi connectivity index (χ1) is 13.8. The lowest BCUT2D eigenvalue weighted by molar-refractivity contribution is -0.0692. The second-order valence-electron chi connectivity index (χ2n) is 7.60. The monoisotopic (exact) mass is 400 g/mol. The predicted octanol–water partition coefficient (Wildman–Crippen LogP) is 7.72. The van der Waals surface area contributed by atoms with Crippen molar-refractivity contribution in [2.45, 2.75) is 117 Å². The molecule has 0 heterocycles. The number of rotatable bonds is 22. The van der Waals surface area contributed by atoms with Gasteiger partial charge in [0.1, 0.15) is 0 Å². The second-order valence-corrected chi connectivity index (χ2v) is 7.60. The minimum atomic E-state index is 0.196. The first kappa shape index (κ1) is 27.1. The summed E-state index contributed by atoms with van der Waals surface area (Å²) in [6, 6.07) is 0. The Balaban J connectivity index is 4.43. The van der Waals surface area contributed by atoms with E-state index in [1.54, 1.807) is 7.11 Å². The van der Waals surface area contributed by atoms with Gasteiger partial charge >= 0.3 is 5.95 Å². The molecule has 0 atom stereocenters. The average molecular weight is 401 g/mol. The van der Waals surface area contributed by atoms with Crippen LogP contribution in [-0.2, 0) is 18.9 Å². The van der Waals surface area contributed by atoms with E-state index in [1.165, 1.54) is 64.2 Å². The molecule has 0 bridgehead atoms. The third kappa shape index (κ3) is 17.2. The van der Waals surface area contributed by atoms with E-state index in [0.29, 0.717) is 12.6 Å². The van der Waals surface area contributed by atoms with Crippen LogP contribution >= 0.6 is 0 Å². The SMILES string of the molecule is CCCCCCCCOC(CCCC)=C(OCCCCCCCC)OCOC. The molecule has 0 unspecified atom stereocenters. The van der Waals surface area contributed by atoms with Crippen LogP contribution in [0.4, 0.5) is 0 Å². The van der Waals surface area contributed by atoms with Gasteiger partial charge in [-0.25, -0.2) is 0 Å². The van der Waals surface area contributed by atoms with Crippen LogP contribution in [0.15, 0.2) is 11.7 Å². The Hall–Kier alpha value is -0.900. The molecule has 0 spiro atoms. The lowest BCUT2D eigenvalue weighted by atomic mass is 10.1. The molecule has 4 heteroatoms. The lowest BCUT2D eigenvalue weighted by Crippen LogP contribution is -2.09. The van der Waals surface area contributed by atoms with Crippen molar-refractivity contribution in [3.63, 3.8) is 0 Å². The zero-order chi connectivity index (χ0) is 20.7. The minimum Gasteiger partial charge on any atom is -0.491 e. The molecule has 0 aliphatic heterocycles. The topological polar surface area (TPSA) is 36.9 Å². The Morgan fingerprint density at radius 3 is 1.57 bits per heavy atom. The van der Waals surface area contributed by atoms with Crippen molar-refractivity contribution in [1.29, 1.82) is 0 Å². The van der Waals surface area contributed by atoms with Crippen molar-refractivity contribution in [1.82, 2.24) is 0 Å². The highest BCUT2D eigenvalue weighted by molar-refractivity contribution is 4.95. The molecule has 0 radical (unpaired) electrons. The summed E-state index contributed by atoms with van der Waals surface area (Å²) in [6.45, 7) is 8.31. The lowest BCUT2D eigenvalue weighted by Gasteiger charge is -2.17. The van der Waals surface area contributed by atoms with E-state index in [-0.39, 0.29) is 6.79 Å². The second kappa shape index (κ2) is 22.4. The number of hydrogen-bond acceptors (Lipinski definition) is 4. The quantitative estimate of drug-likeness (QED) is 0.106. The molecule has 0 saturated carbocycles. The Morgan fingerprint density at radius 2 is 1.04 bits per heavy atom. The van der Waals surface area contributed by atoms with E-state index in [1.807, 2.05) is 0 Å². The third-order valence-corrected chi connectivity index (χ3v) is 4.80. The summed E-state index contributed by atoms with van der Waals surface area (Å²) in [5.41, 5.74) is 0. The van der Waals surface area contributed by atoms with Crippen LogP contribution in [-0.4, -0.2) is 27.1 Å². The van der Waals surface area contributed by atoms with Crippen LogP contribution in [0.3, 0.4) is 0 Å². The fourth-order valence-corrected chi connectivity index (χ4v) is 3.01. The van der Waals surface area contributed by atoms with E-state index in [9.17, 15) is 0 Å². The predicted molar refractivity (Wildman–Crippen MR) is 118 cm³/mol. The van der Waals surface area contributed by atoms with E-state index in [4.69, 9.17) is 18.9 Å². The summed E-state index contributed by atoms with van der Waals surface area (Å²) in [4.78, 5) is 0. The van der Waals surface area contributed by atoms with Crippen LogP contribution < -0.4 is 0 Å². The fourth-order valence-electron chi connectivity index (χ4n) is 3.01. The van der Waals surface area contributed by atoms with Gasteiger partial charge in [0.15, 0.2) is 12.6 Å². The number of allylic oxidation sites excluding steroid dienone is 1. The fraction of sp³-hybridized carbons (Fsp3) is 0.917. The molecule has 28 heavy (non-hydrogen) atoms. The summed E-state index contributed by atoms with van der Waals surface area (Å²) in [5, 5.41) is 0. The normalized spacial score (nSPS) is 12.0. The highest BCUT2D eigenvalue weighted by atomic mass is 16.7. The third-order valence-electron chi connectivity index (χ3n) is 4.80. The van der Waals surface area contributed by atoms with Gasteiger partial charge in [-0.15, -0.1) is 0 Å². The van der Waals surface area contributed by atoms with E-state index >= 15 is 0 Å². The van der Waals surface area contributed by atoms with E-state index in [0.717, 1.165) is 44.5 Å². The molecule has 0 fully saturated rings. The Morgan fingerprint density at radius 1 is 0.536 bits per heavy atom. The first-order valence-corrected chi connectivity index (χ1v) is 11.9. The van der Waals surface area contributed by atoms with Crippen LogP contribution in [0.25, 0.3) is 0 Å². The van der Waals surface area contributed by atoms with Crippen molar-refractivity contribution in [2.75, 3.05) is 27.1 Å². The Kier molecular flexibility index (Phi) is 21.7. The molecule has 168 valence electrons. The van der Waals surface area contributed by atoms with Crippen LogP contribution in [0.5, 0.6) is 0 Å². The molecular formula is C24H48O4. The Labute approximate surface area is 175 Å². The molecule has 0 aliphatic rings. The van der Waals surface area contributed by atoms with Crippen molar-refractivity contribution >= 4 is 0 Å². The summed E-state index contributed by atoms with van der Waals surface area (Å²) in [6.07, 6.45) is 18.1. The molecule has 0 aromatic rings. The van der Waals surface area contributed by atoms with Crippen molar-refractivity contribution in [3.8, 4) is 0 Å². The largest absolute Gasteiger partial charge is 0.491 e. The summed E-state index contributed by atoms with van der Waals surface area (Å²) in [5.74, 6) is 1.40. The molecule has 0 aromatic heterocycles. The zero-order valence-electron chi connectivity index (χ0n) is 19.4. The minimum absolute atomic E-state index is 0.196. The first-order valence-electron chi connectivity index (χ1n) is 11.9. The number of unbranched alkanes of at least 4 members (excludes halogenated alkanes) is 11. The maximum atomic E-state index is 6.09. The molecular weight excluding hydrogens is 352 g/mol. The van der Waals surface area contributed by atoms with Gasteiger partial charge in [0.25, 0.3) is 0 Å². The van der Waals surface area contributed by atoms with Gasteiger partial charge in [-0.2, -0.15) is 0 Å². The summed E-state index contributed by atoms with van der Waals surface area (Å²) in [7, 11) is 1.63. The van der Waals surface area contributed by atoms with Gasteiger partial charge in [-0.05, 0) is 19.3 Å². The van der Waals surface area contributed by atoms with E-state index < -0.39 is 0 Å². The molecule has 0 saturated heterocycles. The van der Waals surface area contributed by atoms with Gasteiger partial charge in [-0.3, -0.25) is 0 Å². The highest BCUT2D eigenvalue weighted by Crippen LogP contribution is 2.19. The Bertz CT molecular complexity index is 309. The molecule has 0 aromatic carbocycles. The maximum absolute atomic E-state index is 6.09. The van der Waals surface area contributed by atoms with Gasteiger partial charge in [0.05, 0.1) is 13.2 Å². The number of methoxy groups -OCH3 is 1. The molecule has 0 rings (SSSR count). The van der Waals surface area contributed by atoms with Gasteiger partial charge in [0.2, 0.25) is 0 Å². The van der Waals surface area contributed by atoms with Crippen molar-refractivity contribution in [2.24, 2.45) is 0 Å². The summed E-state index contributed by atoms with van der Waals surface area (Å²) < 4.78 is 22.9. The molecule has 0 amide bonds. The summed E-state index contributed by atoms with van der Waals surface area (Å²) >= 11 is 0. The van der Waals surface area contributed by atoms with E-state index in [2.05, 4.69) is 20.8 Å². The van der Waals surface area contributed by atoms with Crippen LogP contribution in [0.2, 0.25) is 0 Å². The number of ether oxygens (including phenoxy) is 4. The maximum Gasteiger partial charge on any atom is 0.321 e. The molecule has 0 N–H and O–H groups in total. The number of hydrogen-bond donors (Lipinski definition) is 0.